The Morgan fingerprint density at radius 1 is 0.921 bits per heavy atom. The van der Waals surface area contributed by atoms with E-state index in [0.29, 0.717) is 35.5 Å². The standard InChI is InChI=1S/C29H32N4O4S/c1-20(2)18-30-28(34)19-38-29-32-31-27(17-21-10-15-25(35-3)26(16-21)36-4)33(29)22-11-13-24(14-12-22)37-23-8-6-5-7-9-23/h5-16,20H,17-19H2,1-4H3,(H,30,34). The Labute approximate surface area is 227 Å². The van der Waals surface area contributed by atoms with E-state index in [-0.39, 0.29) is 11.7 Å². The molecule has 0 radical (unpaired) electrons. The molecule has 0 spiro atoms. The third-order valence-corrected chi connectivity index (χ3v) is 6.55. The molecule has 0 bridgehead atoms. The van der Waals surface area contributed by atoms with Crippen LogP contribution in [0.4, 0.5) is 0 Å². The van der Waals surface area contributed by atoms with E-state index in [1.165, 1.54) is 11.8 Å². The lowest BCUT2D eigenvalue weighted by molar-refractivity contribution is -0.118. The Hall–Kier alpha value is -3.98. The first-order valence-electron chi connectivity index (χ1n) is 12.3. The Morgan fingerprint density at radius 2 is 1.63 bits per heavy atom. The van der Waals surface area contributed by atoms with Crippen LogP contribution in [0.15, 0.2) is 78.0 Å². The zero-order chi connectivity index (χ0) is 26.9. The number of para-hydroxylation sites is 1. The summed E-state index contributed by atoms with van der Waals surface area (Å²) in [6, 6.07) is 23.2. The molecule has 198 valence electrons. The molecular formula is C29H32N4O4S. The summed E-state index contributed by atoms with van der Waals surface area (Å²) in [6.45, 7) is 4.77. The van der Waals surface area contributed by atoms with Crippen molar-refractivity contribution in [1.29, 1.82) is 0 Å². The minimum absolute atomic E-state index is 0.0358. The second-order valence-electron chi connectivity index (χ2n) is 9.00. The van der Waals surface area contributed by atoms with Crippen LogP contribution in [-0.4, -0.2) is 47.2 Å². The summed E-state index contributed by atoms with van der Waals surface area (Å²) in [6.07, 6.45) is 0.510. The Morgan fingerprint density at radius 3 is 2.32 bits per heavy atom. The maximum atomic E-state index is 12.4. The van der Waals surface area contributed by atoms with Crippen LogP contribution in [0.25, 0.3) is 5.69 Å². The van der Waals surface area contributed by atoms with Crippen LogP contribution >= 0.6 is 11.8 Å². The zero-order valence-corrected chi connectivity index (χ0v) is 22.8. The van der Waals surface area contributed by atoms with Crippen molar-refractivity contribution in [2.24, 2.45) is 5.92 Å². The molecule has 0 aliphatic rings. The number of benzene rings is 3. The smallest absolute Gasteiger partial charge is 0.230 e. The number of rotatable bonds is 12. The molecule has 1 N–H and O–H groups in total. The first-order valence-corrected chi connectivity index (χ1v) is 13.3. The van der Waals surface area contributed by atoms with Gasteiger partial charge in [0.1, 0.15) is 17.3 Å². The van der Waals surface area contributed by atoms with Crippen LogP contribution in [0.3, 0.4) is 0 Å². The molecule has 4 aromatic rings. The molecule has 4 rings (SSSR count). The van der Waals surface area contributed by atoms with Crippen molar-refractivity contribution in [3.63, 3.8) is 0 Å². The van der Waals surface area contributed by atoms with Crippen molar-refractivity contribution < 1.29 is 19.0 Å². The summed E-state index contributed by atoms with van der Waals surface area (Å²) in [5.41, 5.74) is 1.86. The number of carbonyl (C=O) groups excluding carboxylic acids is 1. The molecule has 0 fully saturated rings. The van der Waals surface area contributed by atoms with Crippen LogP contribution in [-0.2, 0) is 11.2 Å². The van der Waals surface area contributed by atoms with Crippen LogP contribution < -0.4 is 19.5 Å². The summed E-state index contributed by atoms with van der Waals surface area (Å²) >= 11 is 1.35. The van der Waals surface area contributed by atoms with Crippen molar-refractivity contribution in [3.05, 3.63) is 84.2 Å². The average molecular weight is 533 g/mol. The van der Waals surface area contributed by atoms with Crippen molar-refractivity contribution in [2.45, 2.75) is 25.4 Å². The molecule has 1 aromatic heterocycles. The van der Waals surface area contributed by atoms with E-state index in [1.807, 2.05) is 77.4 Å². The fourth-order valence-corrected chi connectivity index (χ4v) is 4.53. The van der Waals surface area contributed by atoms with Crippen LogP contribution in [0, 0.1) is 5.92 Å². The third kappa shape index (κ3) is 7.07. The molecular weight excluding hydrogens is 500 g/mol. The number of nitrogens with zero attached hydrogens (tertiary/aromatic N) is 3. The third-order valence-electron chi connectivity index (χ3n) is 5.62. The highest BCUT2D eigenvalue weighted by Crippen LogP contribution is 2.30. The number of thioether (sulfide) groups is 1. The van der Waals surface area contributed by atoms with E-state index < -0.39 is 0 Å². The largest absolute Gasteiger partial charge is 0.493 e. The molecule has 9 heteroatoms. The second-order valence-corrected chi connectivity index (χ2v) is 9.94. The van der Waals surface area contributed by atoms with Crippen molar-refractivity contribution in [1.82, 2.24) is 20.1 Å². The van der Waals surface area contributed by atoms with Gasteiger partial charge in [-0.25, -0.2) is 0 Å². The number of nitrogens with one attached hydrogen (secondary N) is 1. The highest BCUT2D eigenvalue weighted by atomic mass is 32.2. The van der Waals surface area contributed by atoms with Crippen molar-refractivity contribution in [2.75, 3.05) is 26.5 Å². The van der Waals surface area contributed by atoms with Gasteiger partial charge in [-0.05, 0) is 60.0 Å². The number of aromatic nitrogens is 3. The SMILES string of the molecule is COc1ccc(Cc2nnc(SCC(=O)NCC(C)C)n2-c2ccc(Oc3ccccc3)cc2)cc1OC. The van der Waals surface area contributed by atoms with E-state index in [0.717, 1.165) is 28.6 Å². The molecule has 0 aliphatic heterocycles. The van der Waals surface area contributed by atoms with Gasteiger partial charge in [0, 0.05) is 18.7 Å². The molecule has 0 unspecified atom stereocenters. The summed E-state index contributed by atoms with van der Waals surface area (Å²) in [4.78, 5) is 12.4. The van der Waals surface area contributed by atoms with E-state index in [2.05, 4.69) is 29.4 Å². The molecule has 1 amide bonds. The summed E-state index contributed by atoms with van der Waals surface area (Å²) in [5, 5.41) is 12.5. The molecule has 0 saturated carbocycles. The van der Waals surface area contributed by atoms with Gasteiger partial charge >= 0.3 is 0 Å². The van der Waals surface area contributed by atoms with Gasteiger partial charge in [-0.2, -0.15) is 0 Å². The number of hydrogen-bond acceptors (Lipinski definition) is 7. The number of hydrogen-bond donors (Lipinski definition) is 1. The van der Waals surface area contributed by atoms with Gasteiger partial charge < -0.3 is 19.5 Å². The Bertz CT molecular complexity index is 1340. The lowest BCUT2D eigenvalue weighted by atomic mass is 10.1. The van der Waals surface area contributed by atoms with Crippen LogP contribution in [0.2, 0.25) is 0 Å². The second kappa shape index (κ2) is 13.0. The van der Waals surface area contributed by atoms with E-state index in [4.69, 9.17) is 14.2 Å². The average Bonchev–Trinajstić information content (AvgIpc) is 3.33. The molecule has 0 atom stereocenters. The van der Waals surface area contributed by atoms with Crippen molar-refractivity contribution in [3.8, 4) is 28.7 Å². The Balaban J connectivity index is 1.60. The fraction of sp³-hybridized carbons (Fsp3) is 0.276. The predicted octanol–water partition coefficient (Wildman–Crippen LogP) is 5.53. The van der Waals surface area contributed by atoms with Gasteiger partial charge in [0.15, 0.2) is 16.7 Å². The minimum atomic E-state index is -0.0358. The number of carbonyl (C=O) groups is 1. The summed E-state index contributed by atoms with van der Waals surface area (Å²) in [7, 11) is 3.22. The first kappa shape index (κ1) is 27.1. The van der Waals surface area contributed by atoms with Gasteiger partial charge in [-0.15, -0.1) is 10.2 Å². The Kier molecular flexibility index (Phi) is 9.26. The van der Waals surface area contributed by atoms with Gasteiger partial charge in [0.05, 0.1) is 20.0 Å². The first-order chi connectivity index (χ1) is 18.5. The summed E-state index contributed by atoms with van der Waals surface area (Å²) < 4.78 is 18.8. The lowest BCUT2D eigenvalue weighted by Crippen LogP contribution is -2.28. The monoisotopic (exact) mass is 532 g/mol. The molecule has 8 nitrogen and oxygen atoms in total. The molecule has 1 heterocycles. The van der Waals surface area contributed by atoms with Crippen molar-refractivity contribution >= 4 is 17.7 Å². The molecule has 38 heavy (non-hydrogen) atoms. The number of methoxy groups -OCH3 is 2. The van der Waals surface area contributed by atoms with E-state index >= 15 is 0 Å². The zero-order valence-electron chi connectivity index (χ0n) is 22.0. The van der Waals surface area contributed by atoms with E-state index in [9.17, 15) is 4.79 Å². The van der Waals surface area contributed by atoms with E-state index in [1.54, 1.807) is 14.2 Å². The van der Waals surface area contributed by atoms with Gasteiger partial charge in [0.2, 0.25) is 5.91 Å². The highest BCUT2D eigenvalue weighted by molar-refractivity contribution is 7.99. The minimum Gasteiger partial charge on any atom is -0.493 e. The predicted molar refractivity (Wildman–Crippen MR) is 149 cm³/mol. The highest BCUT2D eigenvalue weighted by Gasteiger charge is 2.18. The van der Waals surface area contributed by atoms with Crippen LogP contribution in [0.5, 0.6) is 23.0 Å². The molecule has 0 aliphatic carbocycles. The van der Waals surface area contributed by atoms with Gasteiger partial charge in [-0.1, -0.05) is 49.9 Å². The lowest BCUT2D eigenvalue weighted by Gasteiger charge is -2.13. The van der Waals surface area contributed by atoms with Gasteiger partial charge in [0.25, 0.3) is 0 Å². The maximum absolute atomic E-state index is 12.4. The quantitative estimate of drug-likeness (QED) is 0.240. The van der Waals surface area contributed by atoms with Crippen LogP contribution in [0.1, 0.15) is 25.2 Å². The normalized spacial score (nSPS) is 10.9. The molecule has 3 aromatic carbocycles. The number of amides is 1. The van der Waals surface area contributed by atoms with Gasteiger partial charge in [-0.3, -0.25) is 9.36 Å². The summed E-state index contributed by atoms with van der Waals surface area (Å²) in [5.74, 6) is 4.13. The topological polar surface area (TPSA) is 87.5 Å². The maximum Gasteiger partial charge on any atom is 0.230 e. The number of ether oxygens (including phenoxy) is 3. The fourth-order valence-electron chi connectivity index (χ4n) is 3.73. The molecule has 0 saturated heterocycles.